The molecule has 3 aliphatic heterocycles. The fourth-order valence-electron chi connectivity index (χ4n) is 12.3. The van der Waals surface area contributed by atoms with Crippen LogP contribution < -0.4 is 26.2 Å². The van der Waals surface area contributed by atoms with Gasteiger partial charge >= 0.3 is 0 Å². The van der Waals surface area contributed by atoms with Crippen LogP contribution in [0.5, 0.6) is 0 Å². The lowest BCUT2D eigenvalue weighted by atomic mass is 9.32. The summed E-state index contributed by atoms with van der Waals surface area (Å²) in [5.41, 5.74) is 18.7. The van der Waals surface area contributed by atoms with E-state index in [0.717, 1.165) is 23.7 Å². The summed E-state index contributed by atoms with van der Waals surface area (Å²) in [6, 6.07) is 41.0. The molecule has 50 heavy (non-hydrogen) atoms. The van der Waals surface area contributed by atoms with E-state index in [4.69, 9.17) is 0 Å². The molecule has 248 valence electrons. The van der Waals surface area contributed by atoms with Crippen molar-refractivity contribution in [3.63, 3.8) is 0 Å². The van der Waals surface area contributed by atoms with Gasteiger partial charge in [0.25, 0.3) is 6.71 Å². The SMILES string of the molecule is CC(C)c1cccc(N2c3cc(C(C)(C)C)ccc3B3c4cccc5c4N(c4ccccc4C54C5CC6CC(C5)CC4C6)c4cccc2c43)c1. The maximum absolute atomic E-state index is 2.71. The van der Waals surface area contributed by atoms with Gasteiger partial charge in [0.1, 0.15) is 0 Å². The van der Waals surface area contributed by atoms with Crippen LogP contribution in [0.1, 0.15) is 94.9 Å². The third-order valence-corrected chi connectivity index (χ3v) is 14.1. The van der Waals surface area contributed by atoms with Crippen LogP contribution >= 0.6 is 0 Å². The molecule has 12 rings (SSSR count). The molecule has 7 aliphatic rings. The predicted octanol–water partition coefficient (Wildman–Crippen LogP) is 10.2. The summed E-state index contributed by atoms with van der Waals surface area (Å²) in [5.74, 6) is 3.79. The summed E-state index contributed by atoms with van der Waals surface area (Å²) in [4.78, 5) is 5.30. The van der Waals surface area contributed by atoms with Gasteiger partial charge in [-0.2, -0.15) is 0 Å². The van der Waals surface area contributed by atoms with Gasteiger partial charge in [0, 0.05) is 33.9 Å². The van der Waals surface area contributed by atoms with E-state index >= 15 is 0 Å². The molecule has 5 aromatic carbocycles. The molecule has 5 aromatic rings. The number of anilines is 6. The molecule has 4 fully saturated rings. The summed E-state index contributed by atoms with van der Waals surface area (Å²) in [6.45, 7) is 11.8. The summed E-state index contributed by atoms with van der Waals surface area (Å²) in [5, 5.41) is 0. The minimum absolute atomic E-state index is 0.0491. The number of benzene rings is 5. The molecule has 1 spiro atoms. The number of para-hydroxylation sites is 2. The highest BCUT2D eigenvalue weighted by Gasteiger charge is 2.62. The van der Waals surface area contributed by atoms with Gasteiger partial charge in [0.05, 0.1) is 5.69 Å². The highest BCUT2D eigenvalue weighted by molar-refractivity contribution is 7.00. The van der Waals surface area contributed by atoms with Crippen LogP contribution in [0.2, 0.25) is 0 Å². The molecule has 3 heterocycles. The van der Waals surface area contributed by atoms with Crippen molar-refractivity contribution in [3.05, 3.63) is 125 Å². The van der Waals surface area contributed by atoms with E-state index in [0.29, 0.717) is 5.92 Å². The summed E-state index contributed by atoms with van der Waals surface area (Å²) in [6.07, 6.45) is 7.08. The Kier molecular flexibility index (Phi) is 5.88. The quantitative estimate of drug-likeness (QED) is 0.172. The molecule has 4 aliphatic carbocycles. The first kappa shape index (κ1) is 29.5. The standard InChI is InChI=1S/C47H47BN2/c1-28(2)31-11-8-12-35(26-31)49-41-17-10-18-42-44(41)48(38-20-19-32(27-43(38)49)46(3,4)5)39-15-9-14-37-45(39)50(42)40-16-7-6-13-36(40)47(37)33-22-29-21-30(24-33)25-34(47)23-29/h6-20,26-30,33-34H,21-25H2,1-5H3. The Hall–Kier alpha value is -4.24. The van der Waals surface area contributed by atoms with Gasteiger partial charge in [-0.25, -0.2) is 0 Å². The lowest BCUT2D eigenvalue weighted by Crippen LogP contribution is -2.64. The number of fused-ring (bicyclic) bond motifs is 6. The fraction of sp³-hybridized carbons (Fsp3) is 0.362. The Morgan fingerprint density at radius 1 is 0.620 bits per heavy atom. The summed E-state index contributed by atoms with van der Waals surface area (Å²) >= 11 is 0. The molecule has 0 aromatic heterocycles. The molecule has 3 heteroatoms. The Morgan fingerprint density at radius 3 is 2.02 bits per heavy atom. The van der Waals surface area contributed by atoms with Crippen LogP contribution in [-0.2, 0) is 10.8 Å². The topological polar surface area (TPSA) is 6.48 Å². The Morgan fingerprint density at radius 2 is 1.28 bits per heavy atom. The van der Waals surface area contributed by atoms with Crippen molar-refractivity contribution in [2.45, 2.75) is 83.5 Å². The molecule has 4 bridgehead atoms. The normalized spacial score (nSPS) is 26.2. The van der Waals surface area contributed by atoms with Gasteiger partial charge in [0.15, 0.2) is 0 Å². The first-order valence-electron chi connectivity index (χ1n) is 19.4. The largest absolute Gasteiger partial charge is 0.311 e. The van der Waals surface area contributed by atoms with Crippen LogP contribution in [0.25, 0.3) is 0 Å². The third kappa shape index (κ3) is 3.67. The minimum atomic E-state index is 0.0491. The Bertz CT molecular complexity index is 2210. The monoisotopic (exact) mass is 650 g/mol. The number of nitrogens with zero attached hydrogens (tertiary/aromatic N) is 2. The van der Waals surface area contributed by atoms with E-state index in [1.165, 1.54) is 93.7 Å². The smallest absolute Gasteiger partial charge is 0.252 e. The fourth-order valence-corrected chi connectivity index (χ4v) is 12.3. The van der Waals surface area contributed by atoms with Crippen LogP contribution in [0.15, 0.2) is 103 Å². The molecular formula is C47H47BN2. The van der Waals surface area contributed by atoms with E-state index in [1.807, 2.05) is 0 Å². The van der Waals surface area contributed by atoms with E-state index in [9.17, 15) is 0 Å². The van der Waals surface area contributed by atoms with E-state index in [1.54, 1.807) is 11.1 Å². The van der Waals surface area contributed by atoms with Gasteiger partial charge in [-0.3, -0.25) is 0 Å². The van der Waals surface area contributed by atoms with Crippen LogP contribution in [0.4, 0.5) is 34.1 Å². The average molecular weight is 651 g/mol. The third-order valence-electron chi connectivity index (χ3n) is 14.1. The molecule has 0 amide bonds. The average Bonchev–Trinajstić information content (AvgIpc) is 3.11. The molecular weight excluding hydrogens is 603 g/mol. The second-order valence-electron chi connectivity index (χ2n) is 18.0. The lowest BCUT2D eigenvalue weighted by molar-refractivity contribution is -0.0419. The minimum Gasteiger partial charge on any atom is -0.311 e. The van der Waals surface area contributed by atoms with Gasteiger partial charge < -0.3 is 9.80 Å². The zero-order valence-electron chi connectivity index (χ0n) is 30.2. The molecule has 0 atom stereocenters. The lowest BCUT2D eigenvalue weighted by Gasteiger charge is -2.64. The van der Waals surface area contributed by atoms with Crippen LogP contribution in [0, 0.1) is 23.7 Å². The zero-order chi connectivity index (χ0) is 33.7. The molecule has 0 saturated heterocycles. The second kappa shape index (κ2) is 9.96. The highest BCUT2D eigenvalue weighted by Crippen LogP contribution is 2.69. The van der Waals surface area contributed by atoms with Crippen molar-refractivity contribution in [1.29, 1.82) is 0 Å². The second-order valence-corrected chi connectivity index (χ2v) is 18.0. The number of rotatable bonds is 2. The predicted molar refractivity (Wildman–Crippen MR) is 211 cm³/mol. The molecule has 0 unspecified atom stereocenters. The summed E-state index contributed by atoms with van der Waals surface area (Å²) < 4.78 is 0. The van der Waals surface area contributed by atoms with Crippen molar-refractivity contribution >= 4 is 57.2 Å². The van der Waals surface area contributed by atoms with Crippen LogP contribution in [0.3, 0.4) is 0 Å². The van der Waals surface area contributed by atoms with Gasteiger partial charge in [0.2, 0.25) is 0 Å². The van der Waals surface area contributed by atoms with Crippen molar-refractivity contribution in [3.8, 4) is 0 Å². The zero-order valence-corrected chi connectivity index (χ0v) is 30.2. The van der Waals surface area contributed by atoms with Gasteiger partial charge in [-0.05, 0) is 142 Å². The molecule has 4 saturated carbocycles. The number of hydrogen-bond donors (Lipinski definition) is 0. The Labute approximate surface area is 298 Å². The molecule has 2 nitrogen and oxygen atoms in total. The highest BCUT2D eigenvalue weighted by atomic mass is 15.2. The maximum atomic E-state index is 2.71. The van der Waals surface area contributed by atoms with Crippen molar-refractivity contribution in [2.24, 2.45) is 23.7 Å². The van der Waals surface area contributed by atoms with E-state index < -0.39 is 0 Å². The summed E-state index contributed by atoms with van der Waals surface area (Å²) in [7, 11) is 0. The first-order valence-corrected chi connectivity index (χ1v) is 19.4. The molecule has 0 radical (unpaired) electrons. The first-order chi connectivity index (χ1) is 24.2. The Balaban J connectivity index is 1.22. The number of hydrogen-bond acceptors (Lipinski definition) is 2. The van der Waals surface area contributed by atoms with Crippen molar-refractivity contribution in [2.75, 3.05) is 9.80 Å². The van der Waals surface area contributed by atoms with Gasteiger partial charge in [-0.1, -0.05) is 101 Å². The van der Waals surface area contributed by atoms with E-state index in [2.05, 4.69) is 148 Å². The van der Waals surface area contributed by atoms with Crippen molar-refractivity contribution in [1.82, 2.24) is 0 Å². The van der Waals surface area contributed by atoms with Gasteiger partial charge in [-0.15, -0.1) is 0 Å². The van der Waals surface area contributed by atoms with Crippen molar-refractivity contribution < 1.29 is 0 Å². The van der Waals surface area contributed by atoms with E-state index in [-0.39, 0.29) is 17.5 Å². The maximum Gasteiger partial charge on any atom is 0.252 e. The van der Waals surface area contributed by atoms with Crippen LogP contribution in [-0.4, -0.2) is 6.71 Å². The molecule has 0 N–H and O–H groups in total.